The number of primary amides is 1. The van der Waals surface area contributed by atoms with Crippen molar-refractivity contribution in [2.24, 2.45) is 28.9 Å². The average Bonchev–Trinajstić information content (AvgIpc) is 2.50. The highest BCUT2D eigenvalue weighted by atomic mass is 16.2. The lowest BCUT2D eigenvalue weighted by Gasteiger charge is -2.58. The van der Waals surface area contributed by atoms with Gasteiger partial charge in [0.15, 0.2) is 0 Å². The zero-order valence-electron chi connectivity index (χ0n) is 13.4. The number of hydrogen-bond acceptors (Lipinski definition) is 3. The Hall–Kier alpha value is -1.91. The van der Waals surface area contributed by atoms with Gasteiger partial charge in [-0.2, -0.15) is 0 Å². The summed E-state index contributed by atoms with van der Waals surface area (Å²) >= 11 is 0. The monoisotopic (exact) mass is 313 g/mol. The molecule has 4 aliphatic carbocycles. The fourth-order valence-corrected chi connectivity index (χ4v) is 5.46. The first-order valence-electron chi connectivity index (χ1n) is 8.51. The summed E-state index contributed by atoms with van der Waals surface area (Å²) in [6.45, 7) is 1.89. The number of amides is 2. The molecule has 23 heavy (non-hydrogen) atoms. The summed E-state index contributed by atoms with van der Waals surface area (Å²) in [6, 6.07) is 5.66. The molecule has 1 heterocycles. The molecule has 4 saturated carbocycles. The Bertz CT molecular complexity index is 656. The first-order valence-corrected chi connectivity index (χ1v) is 8.51. The molecule has 2 atom stereocenters. The van der Waals surface area contributed by atoms with Gasteiger partial charge in [0, 0.05) is 17.2 Å². The van der Waals surface area contributed by atoms with E-state index in [1.54, 1.807) is 6.07 Å². The summed E-state index contributed by atoms with van der Waals surface area (Å²) in [7, 11) is 0. The molecule has 2 unspecified atom stereocenters. The minimum absolute atomic E-state index is 0.0979. The van der Waals surface area contributed by atoms with E-state index in [4.69, 9.17) is 5.73 Å². The third-order valence-corrected chi connectivity index (χ3v) is 6.21. The molecule has 3 N–H and O–H groups in total. The van der Waals surface area contributed by atoms with E-state index in [1.165, 1.54) is 0 Å². The number of nitrogens with two attached hydrogens (primary N) is 1. The molecule has 2 amide bonds. The number of rotatable bonds is 3. The minimum Gasteiger partial charge on any atom is -0.369 e. The molecule has 5 rings (SSSR count). The SMILES string of the molecule is Cc1cccc(C(=O)N[C@H]2C3CC4CC2C[C@](C(N)=O)(C4)C3)n1. The molecule has 5 heteroatoms. The number of aryl methyl sites for hydroxylation is 1. The maximum Gasteiger partial charge on any atom is 0.270 e. The average molecular weight is 313 g/mol. The maximum atomic E-state index is 12.5. The van der Waals surface area contributed by atoms with E-state index >= 15 is 0 Å². The normalized spacial score (nSPS) is 37.6. The summed E-state index contributed by atoms with van der Waals surface area (Å²) in [5.41, 5.74) is 6.72. The van der Waals surface area contributed by atoms with E-state index in [9.17, 15) is 9.59 Å². The van der Waals surface area contributed by atoms with Gasteiger partial charge in [-0.3, -0.25) is 9.59 Å². The van der Waals surface area contributed by atoms with Crippen molar-refractivity contribution in [2.45, 2.75) is 45.1 Å². The van der Waals surface area contributed by atoms with Crippen molar-refractivity contribution in [3.05, 3.63) is 29.6 Å². The van der Waals surface area contributed by atoms with Gasteiger partial charge in [-0.05, 0) is 68.9 Å². The second-order valence-electron chi connectivity index (χ2n) is 7.78. The van der Waals surface area contributed by atoms with Crippen molar-refractivity contribution in [2.75, 3.05) is 0 Å². The standard InChI is InChI=1S/C18H23N3O2/c1-10-3-2-4-14(20-10)16(22)21-15-12-5-11-6-13(15)9-18(7-11,8-12)17(19)23/h2-4,11-13,15H,5-9H2,1H3,(H2,19,23)(H,21,22)/t11?,12?,13?,15-,18-. The van der Waals surface area contributed by atoms with Gasteiger partial charge in [-0.15, -0.1) is 0 Å². The van der Waals surface area contributed by atoms with Crippen molar-refractivity contribution < 1.29 is 9.59 Å². The molecule has 4 bridgehead atoms. The quantitative estimate of drug-likeness (QED) is 0.892. The van der Waals surface area contributed by atoms with Crippen LogP contribution in [0.4, 0.5) is 0 Å². The molecule has 1 aromatic rings. The lowest BCUT2D eigenvalue weighted by atomic mass is 9.47. The van der Waals surface area contributed by atoms with Crippen LogP contribution in [0.25, 0.3) is 0 Å². The van der Waals surface area contributed by atoms with E-state index in [2.05, 4.69) is 10.3 Å². The van der Waals surface area contributed by atoms with Gasteiger partial charge >= 0.3 is 0 Å². The Kier molecular flexibility index (Phi) is 3.22. The molecule has 4 aliphatic rings. The summed E-state index contributed by atoms with van der Waals surface area (Å²) in [6.07, 6.45) is 4.84. The van der Waals surface area contributed by atoms with Gasteiger partial charge in [0.1, 0.15) is 5.69 Å². The Labute approximate surface area is 136 Å². The van der Waals surface area contributed by atoms with Crippen LogP contribution in [0.1, 0.15) is 48.3 Å². The molecule has 0 aromatic carbocycles. The van der Waals surface area contributed by atoms with Gasteiger partial charge in [0.05, 0.1) is 0 Å². The number of nitrogens with zero attached hydrogens (tertiary/aromatic N) is 1. The van der Waals surface area contributed by atoms with Crippen molar-refractivity contribution >= 4 is 11.8 Å². The molecule has 1 aromatic heterocycles. The van der Waals surface area contributed by atoms with Crippen LogP contribution < -0.4 is 11.1 Å². The van der Waals surface area contributed by atoms with Crippen LogP contribution >= 0.6 is 0 Å². The molecule has 5 nitrogen and oxygen atoms in total. The third-order valence-electron chi connectivity index (χ3n) is 6.21. The van der Waals surface area contributed by atoms with Crippen LogP contribution in [-0.2, 0) is 4.79 Å². The molecule has 122 valence electrons. The Balaban J connectivity index is 1.53. The smallest absolute Gasteiger partial charge is 0.270 e. The van der Waals surface area contributed by atoms with Crippen LogP contribution in [0.2, 0.25) is 0 Å². The van der Waals surface area contributed by atoms with E-state index < -0.39 is 0 Å². The number of aromatic nitrogens is 1. The zero-order chi connectivity index (χ0) is 16.2. The van der Waals surface area contributed by atoms with Gasteiger partial charge in [-0.25, -0.2) is 4.98 Å². The van der Waals surface area contributed by atoms with Crippen molar-refractivity contribution in [1.29, 1.82) is 0 Å². The zero-order valence-corrected chi connectivity index (χ0v) is 13.4. The van der Waals surface area contributed by atoms with Crippen molar-refractivity contribution in [1.82, 2.24) is 10.3 Å². The summed E-state index contributed by atoms with van der Waals surface area (Å²) in [5.74, 6) is 1.12. The second kappa shape index (κ2) is 5.05. The number of carbonyl (C=O) groups excluding carboxylic acids is 2. The van der Waals surface area contributed by atoms with E-state index in [0.717, 1.165) is 37.8 Å². The van der Waals surface area contributed by atoms with Gasteiger partial charge in [0.25, 0.3) is 5.91 Å². The van der Waals surface area contributed by atoms with Crippen molar-refractivity contribution in [3.8, 4) is 0 Å². The fourth-order valence-electron chi connectivity index (χ4n) is 5.46. The third kappa shape index (κ3) is 2.33. The Morgan fingerprint density at radius 2 is 1.91 bits per heavy atom. The molecule has 4 fully saturated rings. The Morgan fingerprint density at radius 3 is 2.52 bits per heavy atom. The highest BCUT2D eigenvalue weighted by Crippen LogP contribution is 2.59. The van der Waals surface area contributed by atoms with E-state index in [-0.39, 0.29) is 23.3 Å². The lowest BCUT2D eigenvalue weighted by Crippen LogP contribution is -2.62. The Morgan fingerprint density at radius 1 is 1.22 bits per heavy atom. The predicted octanol–water partition coefficient (Wildman–Crippen LogP) is 1.80. The minimum atomic E-state index is -0.306. The van der Waals surface area contributed by atoms with Crippen molar-refractivity contribution in [3.63, 3.8) is 0 Å². The summed E-state index contributed by atoms with van der Waals surface area (Å²) in [4.78, 5) is 28.8. The number of nitrogens with one attached hydrogen (secondary N) is 1. The molecule has 0 aliphatic heterocycles. The highest BCUT2D eigenvalue weighted by Gasteiger charge is 2.58. The molecule has 0 saturated heterocycles. The van der Waals surface area contributed by atoms with Crippen LogP contribution in [0.3, 0.4) is 0 Å². The molecular formula is C18H23N3O2. The van der Waals surface area contributed by atoms with Crippen LogP contribution in [0.15, 0.2) is 18.2 Å². The van der Waals surface area contributed by atoms with E-state index in [1.807, 2.05) is 19.1 Å². The first kappa shape index (κ1) is 14.7. The predicted molar refractivity (Wildman–Crippen MR) is 85.4 cm³/mol. The fraction of sp³-hybridized carbons (Fsp3) is 0.611. The van der Waals surface area contributed by atoms with Crippen LogP contribution in [0.5, 0.6) is 0 Å². The summed E-state index contributed by atoms with van der Waals surface area (Å²) in [5, 5.41) is 3.21. The molecule has 0 radical (unpaired) electrons. The number of hydrogen-bond donors (Lipinski definition) is 2. The van der Waals surface area contributed by atoms with E-state index in [0.29, 0.717) is 23.4 Å². The van der Waals surface area contributed by atoms with Gasteiger partial charge < -0.3 is 11.1 Å². The maximum absolute atomic E-state index is 12.5. The second-order valence-corrected chi connectivity index (χ2v) is 7.78. The summed E-state index contributed by atoms with van der Waals surface area (Å²) < 4.78 is 0. The lowest BCUT2D eigenvalue weighted by molar-refractivity contribution is -0.145. The highest BCUT2D eigenvalue weighted by molar-refractivity contribution is 5.92. The molecular weight excluding hydrogens is 290 g/mol. The van der Waals surface area contributed by atoms with Gasteiger partial charge in [0.2, 0.25) is 5.91 Å². The largest absolute Gasteiger partial charge is 0.369 e. The van der Waals surface area contributed by atoms with Gasteiger partial charge in [-0.1, -0.05) is 6.07 Å². The molecule has 0 spiro atoms. The van der Waals surface area contributed by atoms with Crippen LogP contribution in [-0.4, -0.2) is 22.8 Å². The number of pyridine rings is 1. The number of carbonyl (C=O) groups is 2. The first-order chi connectivity index (χ1) is 11.0. The topological polar surface area (TPSA) is 85.1 Å². The van der Waals surface area contributed by atoms with Crippen LogP contribution in [0, 0.1) is 30.1 Å².